The van der Waals surface area contributed by atoms with E-state index < -0.39 is 6.16 Å². The van der Waals surface area contributed by atoms with Gasteiger partial charge in [0.15, 0.2) is 0 Å². The molecule has 3 heteroatoms. The molecule has 0 heterocycles. The zero-order valence-corrected chi connectivity index (χ0v) is 10.8. The van der Waals surface area contributed by atoms with E-state index in [-0.39, 0.29) is 5.41 Å². The summed E-state index contributed by atoms with van der Waals surface area (Å²) in [5, 5.41) is 0. The summed E-state index contributed by atoms with van der Waals surface area (Å²) >= 11 is 0. The average molecular weight is 238 g/mol. The Morgan fingerprint density at radius 3 is 2.82 bits per heavy atom. The first-order valence-electron chi connectivity index (χ1n) is 6.62. The van der Waals surface area contributed by atoms with Gasteiger partial charge in [-0.15, -0.1) is 0 Å². The fraction of sp³-hybridized carbons (Fsp3) is 0.786. The van der Waals surface area contributed by atoms with Crippen LogP contribution in [0.25, 0.3) is 0 Å². The second-order valence-corrected chi connectivity index (χ2v) is 5.59. The van der Waals surface area contributed by atoms with E-state index >= 15 is 0 Å². The molecule has 96 valence electrons. The molecule has 0 amide bonds. The maximum atomic E-state index is 11.4. The average Bonchev–Trinajstić information content (AvgIpc) is 2.87. The number of rotatable bonds is 5. The summed E-state index contributed by atoms with van der Waals surface area (Å²) < 4.78 is 10.2. The lowest BCUT2D eigenvalue weighted by molar-refractivity contribution is 0.0180. The maximum Gasteiger partial charge on any atom is 0.508 e. The van der Waals surface area contributed by atoms with Crippen LogP contribution in [0.3, 0.4) is 0 Å². The van der Waals surface area contributed by atoms with Gasteiger partial charge in [0.25, 0.3) is 0 Å². The van der Waals surface area contributed by atoms with Crippen LogP contribution in [0.5, 0.6) is 0 Å². The molecule has 0 aromatic rings. The first-order valence-corrected chi connectivity index (χ1v) is 6.62. The smallest absolute Gasteiger partial charge is 0.434 e. The fourth-order valence-electron chi connectivity index (χ4n) is 2.92. The summed E-state index contributed by atoms with van der Waals surface area (Å²) in [6.07, 6.45) is 8.36. The highest BCUT2D eigenvalue weighted by Gasteiger charge is 2.45. The van der Waals surface area contributed by atoms with Gasteiger partial charge < -0.3 is 9.47 Å². The predicted molar refractivity (Wildman–Crippen MR) is 65.7 cm³/mol. The highest BCUT2D eigenvalue weighted by atomic mass is 16.7. The van der Waals surface area contributed by atoms with Crippen molar-refractivity contribution >= 4 is 6.16 Å². The van der Waals surface area contributed by atoms with Gasteiger partial charge >= 0.3 is 6.16 Å². The molecule has 0 radical (unpaired) electrons. The van der Waals surface area contributed by atoms with Crippen LogP contribution in [0, 0.1) is 17.3 Å². The Balaban J connectivity index is 1.71. The quantitative estimate of drug-likeness (QED) is 0.417. The molecule has 1 saturated carbocycles. The van der Waals surface area contributed by atoms with Crippen molar-refractivity contribution in [1.82, 2.24) is 0 Å². The van der Waals surface area contributed by atoms with E-state index in [1.54, 1.807) is 0 Å². The second kappa shape index (κ2) is 5.11. The van der Waals surface area contributed by atoms with Crippen molar-refractivity contribution in [3.8, 4) is 0 Å². The Labute approximate surface area is 103 Å². The molecule has 3 unspecified atom stereocenters. The molecule has 0 aliphatic heterocycles. The van der Waals surface area contributed by atoms with E-state index in [2.05, 4.69) is 26.0 Å². The lowest BCUT2D eigenvalue weighted by Gasteiger charge is -2.30. The number of hydrogen-bond donors (Lipinski definition) is 0. The number of fused-ring (bicyclic) bond motifs is 2. The number of hydrogen-bond acceptors (Lipinski definition) is 3. The molecule has 3 atom stereocenters. The van der Waals surface area contributed by atoms with Crippen LogP contribution in [0.15, 0.2) is 12.2 Å². The molecule has 1 fully saturated rings. The van der Waals surface area contributed by atoms with Gasteiger partial charge in [-0.3, -0.25) is 0 Å². The minimum absolute atomic E-state index is 0.128. The number of carbonyl (C=O) groups excluding carboxylic acids is 1. The van der Waals surface area contributed by atoms with Crippen LogP contribution in [-0.2, 0) is 9.47 Å². The fourth-order valence-corrected chi connectivity index (χ4v) is 2.92. The molecule has 2 aliphatic rings. The Hall–Kier alpha value is -0.990. The van der Waals surface area contributed by atoms with Crippen molar-refractivity contribution < 1.29 is 14.3 Å². The van der Waals surface area contributed by atoms with E-state index in [4.69, 9.17) is 9.47 Å². The van der Waals surface area contributed by atoms with Gasteiger partial charge in [0.2, 0.25) is 0 Å². The summed E-state index contributed by atoms with van der Waals surface area (Å²) in [5.74, 6) is 1.28. The van der Waals surface area contributed by atoms with Crippen molar-refractivity contribution in [2.45, 2.75) is 39.5 Å². The Kier molecular flexibility index (Phi) is 3.75. The first-order chi connectivity index (χ1) is 8.14. The van der Waals surface area contributed by atoms with Crippen molar-refractivity contribution in [2.24, 2.45) is 17.3 Å². The van der Waals surface area contributed by atoms with Crippen LogP contribution in [0.1, 0.15) is 39.5 Å². The zero-order chi connectivity index (χ0) is 12.3. The maximum absolute atomic E-state index is 11.4. The second-order valence-electron chi connectivity index (χ2n) is 5.59. The van der Waals surface area contributed by atoms with E-state index in [0.29, 0.717) is 25.0 Å². The van der Waals surface area contributed by atoms with Crippen LogP contribution in [0.2, 0.25) is 0 Å². The standard InChI is InChI=1S/C14H22O3/c1-3-4-7-16-13(15)17-10-14(2)9-11-5-6-12(14)8-11/h5-6,11-12H,3-4,7-10H2,1-2H3. The monoisotopic (exact) mass is 238 g/mol. The molecule has 0 N–H and O–H groups in total. The van der Waals surface area contributed by atoms with Gasteiger partial charge in [0.05, 0.1) is 6.61 Å². The van der Waals surface area contributed by atoms with Crippen LogP contribution in [0.4, 0.5) is 4.79 Å². The number of carbonyl (C=O) groups is 1. The number of unbranched alkanes of at least 4 members (excludes halogenated alkanes) is 1. The summed E-state index contributed by atoms with van der Waals surface area (Å²) in [7, 11) is 0. The van der Waals surface area contributed by atoms with Gasteiger partial charge in [-0.1, -0.05) is 32.4 Å². The SMILES string of the molecule is CCCCOC(=O)OCC1(C)CC2C=CC1C2. The van der Waals surface area contributed by atoms with E-state index in [1.165, 1.54) is 6.42 Å². The van der Waals surface area contributed by atoms with Crippen molar-refractivity contribution in [3.05, 3.63) is 12.2 Å². The highest BCUT2D eigenvalue weighted by Crippen LogP contribution is 2.51. The van der Waals surface area contributed by atoms with Gasteiger partial charge in [0, 0.05) is 5.41 Å². The molecule has 2 bridgehead atoms. The lowest BCUT2D eigenvalue weighted by Crippen LogP contribution is -2.29. The minimum Gasteiger partial charge on any atom is -0.434 e. The predicted octanol–water partition coefficient (Wildman–Crippen LogP) is 3.54. The van der Waals surface area contributed by atoms with Crippen molar-refractivity contribution in [1.29, 1.82) is 0 Å². The topological polar surface area (TPSA) is 35.5 Å². The largest absolute Gasteiger partial charge is 0.508 e. The summed E-state index contributed by atoms with van der Waals surface area (Å²) in [5.41, 5.74) is 0.128. The third-order valence-electron chi connectivity index (χ3n) is 4.03. The summed E-state index contributed by atoms with van der Waals surface area (Å²) in [6, 6.07) is 0. The van der Waals surface area contributed by atoms with E-state index in [0.717, 1.165) is 19.3 Å². The minimum atomic E-state index is -0.508. The normalized spacial score (nSPS) is 34.0. The lowest BCUT2D eigenvalue weighted by atomic mass is 9.78. The van der Waals surface area contributed by atoms with Crippen LogP contribution < -0.4 is 0 Å². The van der Waals surface area contributed by atoms with Crippen molar-refractivity contribution in [2.75, 3.05) is 13.2 Å². The molecule has 17 heavy (non-hydrogen) atoms. The number of ether oxygens (including phenoxy) is 2. The Bertz CT molecular complexity index is 311. The zero-order valence-electron chi connectivity index (χ0n) is 10.8. The molecule has 0 saturated heterocycles. The molecular formula is C14H22O3. The van der Waals surface area contributed by atoms with E-state index in [1.807, 2.05) is 0 Å². The molecule has 2 aliphatic carbocycles. The summed E-state index contributed by atoms with van der Waals surface area (Å²) in [4.78, 5) is 11.4. The van der Waals surface area contributed by atoms with Gasteiger partial charge in [-0.25, -0.2) is 4.79 Å². The third-order valence-corrected chi connectivity index (χ3v) is 4.03. The molecule has 3 nitrogen and oxygen atoms in total. The molecule has 0 aromatic carbocycles. The van der Waals surface area contributed by atoms with Gasteiger partial charge in [-0.2, -0.15) is 0 Å². The third kappa shape index (κ3) is 2.82. The van der Waals surface area contributed by atoms with Gasteiger partial charge in [-0.05, 0) is 31.1 Å². The molecule has 2 rings (SSSR count). The Morgan fingerprint density at radius 1 is 1.41 bits per heavy atom. The molecule has 0 spiro atoms. The molecular weight excluding hydrogens is 216 g/mol. The van der Waals surface area contributed by atoms with Crippen LogP contribution >= 0.6 is 0 Å². The van der Waals surface area contributed by atoms with Gasteiger partial charge in [0.1, 0.15) is 6.61 Å². The molecule has 0 aromatic heterocycles. The van der Waals surface area contributed by atoms with E-state index in [9.17, 15) is 4.79 Å². The summed E-state index contributed by atoms with van der Waals surface area (Å²) in [6.45, 7) is 5.24. The Morgan fingerprint density at radius 2 is 2.24 bits per heavy atom. The van der Waals surface area contributed by atoms with Crippen LogP contribution in [-0.4, -0.2) is 19.4 Å². The van der Waals surface area contributed by atoms with Crippen molar-refractivity contribution in [3.63, 3.8) is 0 Å². The first kappa shape index (κ1) is 12.5. The highest BCUT2D eigenvalue weighted by molar-refractivity contribution is 5.59. The number of allylic oxidation sites excluding steroid dienone is 2.